The van der Waals surface area contributed by atoms with E-state index < -0.39 is 11.6 Å². The molecule has 148 valence electrons. The Morgan fingerprint density at radius 3 is 2.33 bits per heavy atom. The zero-order valence-corrected chi connectivity index (χ0v) is 16.0. The van der Waals surface area contributed by atoms with Crippen LogP contribution in [0.4, 0.5) is 4.79 Å². The summed E-state index contributed by atoms with van der Waals surface area (Å²) >= 11 is 0. The van der Waals surface area contributed by atoms with Crippen molar-refractivity contribution in [2.45, 2.75) is 39.2 Å². The van der Waals surface area contributed by atoms with E-state index in [1.807, 2.05) is 31.2 Å². The van der Waals surface area contributed by atoms with Crippen LogP contribution in [0.25, 0.3) is 0 Å². The fourth-order valence-corrected chi connectivity index (χ4v) is 2.67. The summed E-state index contributed by atoms with van der Waals surface area (Å²) in [6, 6.07) is 6.87. The van der Waals surface area contributed by atoms with E-state index >= 15 is 0 Å². The van der Waals surface area contributed by atoms with Crippen molar-refractivity contribution < 1.29 is 23.9 Å². The number of hydrogen-bond donors (Lipinski definition) is 2. The average molecular weight is 377 g/mol. The molecule has 0 atom stereocenters. The molecule has 1 aliphatic rings. The van der Waals surface area contributed by atoms with E-state index in [-0.39, 0.29) is 24.8 Å². The standard InChI is InChI=1S/C19H27N3O5/c1-4-26-14-7-9-15(10-8-14)27-13-11-20-16(23)6-5-12-22-17(24)19(2,3)21-18(22)25/h7-10H,4-6,11-13H2,1-3H3,(H,20,23)(H,21,25). The molecule has 0 radical (unpaired) electrons. The fourth-order valence-electron chi connectivity index (χ4n) is 2.67. The number of carbonyl (C=O) groups is 3. The van der Waals surface area contributed by atoms with Crippen molar-refractivity contribution in [3.05, 3.63) is 24.3 Å². The summed E-state index contributed by atoms with van der Waals surface area (Å²) in [6.45, 7) is 6.80. The van der Waals surface area contributed by atoms with Gasteiger partial charge in [0, 0.05) is 13.0 Å². The van der Waals surface area contributed by atoms with Crippen molar-refractivity contribution >= 4 is 17.8 Å². The molecule has 1 aliphatic heterocycles. The van der Waals surface area contributed by atoms with Gasteiger partial charge in [0.25, 0.3) is 5.91 Å². The molecule has 4 amide bonds. The molecule has 2 N–H and O–H groups in total. The number of ether oxygens (including phenoxy) is 2. The van der Waals surface area contributed by atoms with Crippen LogP contribution in [0.1, 0.15) is 33.6 Å². The van der Waals surface area contributed by atoms with Crippen molar-refractivity contribution in [2.75, 3.05) is 26.3 Å². The second-order valence-corrected chi connectivity index (χ2v) is 6.72. The summed E-state index contributed by atoms with van der Waals surface area (Å²) in [6.07, 6.45) is 0.654. The predicted molar refractivity (Wildman–Crippen MR) is 99.7 cm³/mol. The number of urea groups is 1. The van der Waals surface area contributed by atoms with Gasteiger partial charge >= 0.3 is 6.03 Å². The predicted octanol–water partition coefficient (Wildman–Crippen LogP) is 1.69. The lowest BCUT2D eigenvalue weighted by Gasteiger charge is -2.15. The Kier molecular flexibility index (Phi) is 7.04. The van der Waals surface area contributed by atoms with Crippen molar-refractivity contribution in [2.24, 2.45) is 0 Å². The van der Waals surface area contributed by atoms with Crippen LogP contribution in [0.5, 0.6) is 11.5 Å². The highest BCUT2D eigenvalue weighted by Gasteiger charge is 2.43. The minimum Gasteiger partial charge on any atom is -0.494 e. The maximum atomic E-state index is 12.0. The Morgan fingerprint density at radius 2 is 1.78 bits per heavy atom. The number of hydrogen-bond acceptors (Lipinski definition) is 5. The van der Waals surface area contributed by atoms with Gasteiger partial charge in [0.2, 0.25) is 5.91 Å². The molecule has 0 bridgehead atoms. The van der Waals surface area contributed by atoms with Gasteiger partial charge in [0.1, 0.15) is 23.6 Å². The highest BCUT2D eigenvalue weighted by molar-refractivity contribution is 6.06. The van der Waals surface area contributed by atoms with Crippen LogP contribution < -0.4 is 20.1 Å². The number of rotatable bonds is 10. The first-order valence-corrected chi connectivity index (χ1v) is 9.10. The molecule has 1 aromatic carbocycles. The first kappa shape index (κ1) is 20.5. The van der Waals surface area contributed by atoms with E-state index in [0.29, 0.717) is 31.9 Å². The van der Waals surface area contributed by atoms with E-state index in [0.717, 1.165) is 10.6 Å². The zero-order valence-electron chi connectivity index (χ0n) is 16.0. The molecule has 1 fully saturated rings. The Labute approximate surface area is 159 Å². The largest absolute Gasteiger partial charge is 0.494 e. The lowest BCUT2D eigenvalue weighted by molar-refractivity contribution is -0.130. The molecule has 0 saturated carbocycles. The summed E-state index contributed by atoms with van der Waals surface area (Å²) in [5.41, 5.74) is -0.877. The molecule has 0 spiro atoms. The molecule has 2 rings (SSSR count). The molecule has 1 aromatic rings. The van der Waals surface area contributed by atoms with Crippen molar-refractivity contribution in [1.29, 1.82) is 0 Å². The molecule has 0 aromatic heterocycles. The van der Waals surface area contributed by atoms with E-state index in [9.17, 15) is 14.4 Å². The Hall–Kier alpha value is -2.77. The highest BCUT2D eigenvalue weighted by Crippen LogP contribution is 2.18. The third-order valence-electron chi connectivity index (χ3n) is 4.06. The summed E-state index contributed by atoms with van der Waals surface area (Å²) in [4.78, 5) is 36.8. The number of amides is 4. The normalized spacial score (nSPS) is 15.4. The minimum absolute atomic E-state index is 0.142. The lowest BCUT2D eigenvalue weighted by atomic mass is 10.1. The van der Waals surface area contributed by atoms with Gasteiger partial charge in [0.15, 0.2) is 0 Å². The average Bonchev–Trinajstić information content (AvgIpc) is 2.82. The summed E-state index contributed by atoms with van der Waals surface area (Å²) in [5, 5.41) is 5.37. The molecule has 1 saturated heterocycles. The molecule has 27 heavy (non-hydrogen) atoms. The van der Waals surface area contributed by atoms with Gasteiger partial charge in [-0.1, -0.05) is 0 Å². The van der Waals surface area contributed by atoms with Crippen LogP contribution in [-0.2, 0) is 9.59 Å². The molecular weight excluding hydrogens is 350 g/mol. The molecule has 1 heterocycles. The minimum atomic E-state index is -0.877. The van der Waals surface area contributed by atoms with Gasteiger partial charge in [-0.05, 0) is 51.5 Å². The number of imide groups is 1. The van der Waals surface area contributed by atoms with Crippen LogP contribution in [0.15, 0.2) is 24.3 Å². The van der Waals surface area contributed by atoms with Crippen LogP contribution >= 0.6 is 0 Å². The molecule has 8 heteroatoms. The Bertz CT molecular complexity index is 672. The van der Waals surface area contributed by atoms with Gasteiger partial charge in [-0.15, -0.1) is 0 Å². The highest BCUT2D eigenvalue weighted by atomic mass is 16.5. The van der Waals surface area contributed by atoms with Crippen LogP contribution in [0.3, 0.4) is 0 Å². The van der Waals surface area contributed by atoms with E-state index in [4.69, 9.17) is 9.47 Å². The van der Waals surface area contributed by atoms with Crippen LogP contribution in [0, 0.1) is 0 Å². The molecule has 8 nitrogen and oxygen atoms in total. The monoisotopic (exact) mass is 377 g/mol. The topological polar surface area (TPSA) is 97.0 Å². The van der Waals surface area contributed by atoms with Crippen molar-refractivity contribution in [3.8, 4) is 11.5 Å². The first-order valence-electron chi connectivity index (χ1n) is 9.10. The summed E-state index contributed by atoms with van der Waals surface area (Å²) < 4.78 is 10.9. The van der Waals surface area contributed by atoms with Crippen LogP contribution in [-0.4, -0.2) is 54.6 Å². The maximum absolute atomic E-state index is 12.0. The van der Waals surface area contributed by atoms with E-state index in [1.54, 1.807) is 13.8 Å². The Balaban J connectivity index is 1.60. The number of nitrogens with one attached hydrogen (secondary N) is 2. The second kappa shape index (κ2) is 9.25. The lowest BCUT2D eigenvalue weighted by Crippen LogP contribution is -2.40. The second-order valence-electron chi connectivity index (χ2n) is 6.72. The number of carbonyl (C=O) groups excluding carboxylic acids is 3. The maximum Gasteiger partial charge on any atom is 0.325 e. The third-order valence-corrected chi connectivity index (χ3v) is 4.06. The van der Waals surface area contributed by atoms with Gasteiger partial charge in [-0.2, -0.15) is 0 Å². The summed E-state index contributed by atoms with van der Waals surface area (Å²) in [7, 11) is 0. The SMILES string of the molecule is CCOc1ccc(OCCNC(=O)CCCN2C(=O)NC(C)(C)C2=O)cc1. The van der Waals surface area contributed by atoms with E-state index in [2.05, 4.69) is 10.6 Å². The van der Waals surface area contributed by atoms with Crippen molar-refractivity contribution in [3.63, 3.8) is 0 Å². The molecule has 0 aliphatic carbocycles. The third kappa shape index (κ3) is 5.87. The molecule has 0 unspecified atom stereocenters. The van der Waals surface area contributed by atoms with Gasteiger partial charge < -0.3 is 20.1 Å². The Morgan fingerprint density at radius 1 is 1.15 bits per heavy atom. The number of nitrogens with zero attached hydrogens (tertiary/aromatic N) is 1. The van der Waals surface area contributed by atoms with E-state index in [1.165, 1.54) is 0 Å². The van der Waals surface area contributed by atoms with Crippen molar-refractivity contribution in [1.82, 2.24) is 15.5 Å². The molecular formula is C19H27N3O5. The fraction of sp³-hybridized carbons (Fsp3) is 0.526. The summed E-state index contributed by atoms with van der Waals surface area (Å²) in [5.74, 6) is 1.08. The quantitative estimate of drug-likeness (QED) is 0.478. The van der Waals surface area contributed by atoms with Crippen LogP contribution in [0.2, 0.25) is 0 Å². The first-order chi connectivity index (χ1) is 12.8. The number of benzene rings is 1. The smallest absolute Gasteiger partial charge is 0.325 e. The van der Waals surface area contributed by atoms with Gasteiger partial charge in [-0.25, -0.2) is 4.79 Å². The van der Waals surface area contributed by atoms with Gasteiger partial charge in [0.05, 0.1) is 13.2 Å². The van der Waals surface area contributed by atoms with Gasteiger partial charge in [-0.3, -0.25) is 14.5 Å². The zero-order chi connectivity index (χ0) is 19.9.